The number of aryl methyl sites for hydroxylation is 1. The Morgan fingerprint density at radius 1 is 1.00 bits per heavy atom. The first-order valence-electron chi connectivity index (χ1n) is 10.7. The summed E-state index contributed by atoms with van der Waals surface area (Å²) in [5, 5.41) is 13.3. The smallest absolute Gasteiger partial charge is 0.250 e. The molecule has 0 unspecified atom stereocenters. The van der Waals surface area contributed by atoms with Crippen molar-refractivity contribution in [3.8, 4) is 11.1 Å². The van der Waals surface area contributed by atoms with E-state index in [1.807, 2.05) is 30.3 Å². The fourth-order valence-corrected chi connectivity index (χ4v) is 4.98. The van der Waals surface area contributed by atoms with Gasteiger partial charge in [-0.2, -0.15) is 0 Å². The topological polar surface area (TPSA) is 75.4 Å². The van der Waals surface area contributed by atoms with E-state index < -0.39 is 5.91 Å². The molecular weight excluding hydrogens is 404 g/mol. The minimum absolute atomic E-state index is 0.217. The molecule has 0 bridgehead atoms. The highest BCUT2D eigenvalue weighted by Crippen LogP contribution is 2.37. The van der Waals surface area contributed by atoms with Gasteiger partial charge in [0.25, 0.3) is 5.91 Å². The Morgan fingerprint density at radius 3 is 2.42 bits per heavy atom. The summed E-state index contributed by atoms with van der Waals surface area (Å²) >= 11 is 1.73. The summed E-state index contributed by atoms with van der Waals surface area (Å²) in [5.74, 6) is -0.438. The largest absolute Gasteiger partial charge is 0.393 e. The Morgan fingerprint density at radius 2 is 1.71 bits per heavy atom. The molecule has 3 aromatic rings. The molecule has 4 nitrogen and oxygen atoms in total. The molecule has 0 heterocycles. The van der Waals surface area contributed by atoms with E-state index in [0.717, 1.165) is 47.4 Å². The van der Waals surface area contributed by atoms with Gasteiger partial charge < -0.3 is 16.2 Å². The first-order valence-corrected chi connectivity index (χ1v) is 11.5. The van der Waals surface area contributed by atoms with Gasteiger partial charge in [0.1, 0.15) is 0 Å². The zero-order valence-corrected chi connectivity index (χ0v) is 18.5. The van der Waals surface area contributed by atoms with Crippen LogP contribution in [0.3, 0.4) is 0 Å². The Bertz CT molecular complexity index is 1060. The molecule has 0 saturated heterocycles. The molecule has 0 aliphatic heterocycles. The van der Waals surface area contributed by atoms with E-state index in [9.17, 15) is 9.90 Å². The van der Waals surface area contributed by atoms with E-state index in [0.29, 0.717) is 5.56 Å². The molecule has 0 spiro atoms. The minimum atomic E-state index is -0.438. The summed E-state index contributed by atoms with van der Waals surface area (Å²) in [6.45, 7) is 2.09. The van der Waals surface area contributed by atoms with Gasteiger partial charge in [0.15, 0.2) is 0 Å². The van der Waals surface area contributed by atoms with Crippen LogP contribution in [0.2, 0.25) is 0 Å². The van der Waals surface area contributed by atoms with E-state index in [1.54, 1.807) is 11.8 Å². The SMILES string of the molecule is Cc1ccc(Sc2ccccc2-c2ccc(C(N)=O)c(NC3CCC(O)CC3)c2)cc1. The minimum Gasteiger partial charge on any atom is -0.393 e. The summed E-state index contributed by atoms with van der Waals surface area (Å²) in [7, 11) is 0. The lowest BCUT2D eigenvalue weighted by Gasteiger charge is -2.28. The van der Waals surface area contributed by atoms with Crippen molar-refractivity contribution in [3.63, 3.8) is 0 Å². The summed E-state index contributed by atoms with van der Waals surface area (Å²) in [5.41, 5.74) is 10.3. The third-order valence-corrected chi connectivity index (χ3v) is 6.87. The molecule has 0 aromatic heterocycles. The summed E-state index contributed by atoms with van der Waals surface area (Å²) < 4.78 is 0. The normalized spacial score (nSPS) is 18.5. The Labute approximate surface area is 187 Å². The van der Waals surface area contributed by atoms with Crippen molar-refractivity contribution in [2.75, 3.05) is 5.32 Å². The number of carbonyl (C=O) groups is 1. The van der Waals surface area contributed by atoms with Crippen LogP contribution >= 0.6 is 11.8 Å². The lowest BCUT2D eigenvalue weighted by atomic mass is 9.92. The molecular formula is C26H28N2O2S. The molecule has 4 N–H and O–H groups in total. The number of aliphatic hydroxyl groups is 1. The first kappa shape index (κ1) is 21.5. The number of anilines is 1. The average molecular weight is 433 g/mol. The van der Waals surface area contributed by atoms with Crippen LogP contribution in [0.4, 0.5) is 5.69 Å². The summed E-state index contributed by atoms with van der Waals surface area (Å²) in [6.07, 6.45) is 3.09. The van der Waals surface area contributed by atoms with Gasteiger partial charge in [-0.1, -0.05) is 53.7 Å². The van der Waals surface area contributed by atoms with E-state index in [1.165, 1.54) is 10.5 Å². The monoisotopic (exact) mass is 432 g/mol. The highest BCUT2D eigenvalue weighted by molar-refractivity contribution is 7.99. The quantitative estimate of drug-likeness (QED) is 0.472. The first-order chi connectivity index (χ1) is 15.0. The van der Waals surface area contributed by atoms with Crippen molar-refractivity contribution in [3.05, 3.63) is 77.9 Å². The molecule has 0 atom stereocenters. The molecule has 4 rings (SSSR count). The predicted octanol–water partition coefficient (Wildman–Crippen LogP) is 5.63. The third-order valence-electron chi connectivity index (χ3n) is 5.79. The number of amides is 1. The highest BCUT2D eigenvalue weighted by Gasteiger charge is 2.21. The summed E-state index contributed by atoms with van der Waals surface area (Å²) in [6, 6.07) is 22.9. The molecule has 3 aromatic carbocycles. The van der Waals surface area contributed by atoms with Crippen LogP contribution in [0, 0.1) is 6.92 Å². The Balaban J connectivity index is 1.65. The van der Waals surface area contributed by atoms with Crippen molar-refractivity contribution in [2.24, 2.45) is 5.73 Å². The third kappa shape index (κ3) is 5.30. The van der Waals surface area contributed by atoms with Crippen molar-refractivity contribution in [2.45, 2.75) is 54.5 Å². The number of hydrogen-bond acceptors (Lipinski definition) is 4. The fourth-order valence-electron chi connectivity index (χ4n) is 4.01. The van der Waals surface area contributed by atoms with Crippen LogP contribution in [0.5, 0.6) is 0 Å². The van der Waals surface area contributed by atoms with Gasteiger partial charge >= 0.3 is 0 Å². The van der Waals surface area contributed by atoms with Crippen LogP contribution < -0.4 is 11.1 Å². The van der Waals surface area contributed by atoms with Gasteiger partial charge in [-0.05, 0) is 74.1 Å². The fraction of sp³-hybridized carbons (Fsp3) is 0.269. The van der Waals surface area contributed by atoms with Gasteiger partial charge in [-0.25, -0.2) is 0 Å². The van der Waals surface area contributed by atoms with E-state index in [-0.39, 0.29) is 12.1 Å². The highest BCUT2D eigenvalue weighted by atomic mass is 32.2. The maximum Gasteiger partial charge on any atom is 0.250 e. The number of aliphatic hydroxyl groups excluding tert-OH is 1. The number of hydrogen-bond donors (Lipinski definition) is 3. The molecule has 31 heavy (non-hydrogen) atoms. The lowest BCUT2D eigenvalue weighted by Crippen LogP contribution is -2.29. The van der Waals surface area contributed by atoms with Crippen molar-refractivity contribution >= 4 is 23.4 Å². The molecule has 0 radical (unpaired) electrons. The van der Waals surface area contributed by atoms with E-state index >= 15 is 0 Å². The van der Waals surface area contributed by atoms with Crippen LogP contribution in [0.15, 0.2) is 76.5 Å². The molecule has 1 aliphatic rings. The standard InChI is InChI=1S/C26H28N2O2S/c1-17-6-13-21(14-7-17)31-25-5-3-2-4-22(25)18-8-15-23(26(27)30)24(16-18)28-19-9-11-20(29)12-10-19/h2-8,13-16,19-20,28-29H,9-12H2,1H3,(H2,27,30). The maximum atomic E-state index is 12.0. The lowest BCUT2D eigenvalue weighted by molar-refractivity contribution is 0.100. The van der Waals surface area contributed by atoms with Crippen LogP contribution in [0.25, 0.3) is 11.1 Å². The second-order valence-electron chi connectivity index (χ2n) is 8.19. The molecule has 1 amide bonds. The maximum absolute atomic E-state index is 12.0. The van der Waals surface area contributed by atoms with Gasteiger partial charge in [0.05, 0.1) is 11.7 Å². The van der Waals surface area contributed by atoms with E-state index in [2.05, 4.69) is 48.6 Å². The van der Waals surface area contributed by atoms with Crippen LogP contribution in [-0.4, -0.2) is 23.2 Å². The van der Waals surface area contributed by atoms with E-state index in [4.69, 9.17) is 5.73 Å². The van der Waals surface area contributed by atoms with Gasteiger partial charge in [-0.15, -0.1) is 0 Å². The molecule has 1 saturated carbocycles. The number of primary amides is 1. The molecule has 1 fully saturated rings. The van der Waals surface area contributed by atoms with Crippen molar-refractivity contribution in [1.29, 1.82) is 0 Å². The Kier molecular flexibility index (Phi) is 6.64. The zero-order chi connectivity index (χ0) is 21.8. The summed E-state index contributed by atoms with van der Waals surface area (Å²) in [4.78, 5) is 14.4. The number of nitrogens with two attached hydrogens (primary N) is 1. The van der Waals surface area contributed by atoms with Crippen LogP contribution in [0.1, 0.15) is 41.6 Å². The second-order valence-corrected chi connectivity index (χ2v) is 9.30. The predicted molar refractivity (Wildman–Crippen MR) is 128 cm³/mol. The second kappa shape index (κ2) is 9.58. The average Bonchev–Trinajstić information content (AvgIpc) is 2.77. The van der Waals surface area contributed by atoms with Crippen molar-refractivity contribution < 1.29 is 9.90 Å². The van der Waals surface area contributed by atoms with Crippen LogP contribution in [-0.2, 0) is 0 Å². The van der Waals surface area contributed by atoms with Gasteiger partial charge in [0.2, 0.25) is 0 Å². The molecule has 160 valence electrons. The Hall–Kier alpha value is -2.76. The molecule has 1 aliphatic carbocycles. The van der Waals surface area contributed by atoms with Gasteiger partial charge in [-0.3, -0.25) is 4.79 Å². The zero-order valence-electron chi connectivity index (χ0n) is 17.7. The molecule has 5 heteroatoms. The number of carbonyl (C=O) groups excluding carboxylic acids is 1. The van der Waals surface area contributed by atoms with Crippen molar-refractivity contribution in [1.82, 2.24) is 0 Å². The number of rotatable bonds is 6. The number of benzene rings is 3. The number of nitrogens with one attached hydrogen (secondary N) is 1. The van der Waals surface area contributed by atoms with Gasteiger partial charge in [0, 0.05) is 21.5 Å².